The lowest BCUT2D eigenvalue weighted by molar-refractivity contribution is -0.141. The molecule has 19 heavy (non-hydrogen) atoms. The van der Waals surface area contributed by atoms with Crippen molar-refractivity contribution in [2.24, 2.45) is 7.05 Å². The van der Waals surface area contributed by atoms with E-state index in [-0.39, 0.29) is 11.6 Å². The first-order valence-corrected chi connectivity index (χ1v) is 5.01. The van der Waals surface area contributed by atoms with Crippen LogP contribution in [0.25, 0.3) is 0 Å². The molecule has 0 spiro atoms. The van der Waals surface area contributed by atoms with E-state index in [0.29, 0.717) is 12.1 Å². The minimum Gasteiger partial charge on any atom is -0.439 e. The van der Waals surface area contributed by atoms with Gasteiger partial charge in [0.15, 0.2) is 5.69 Å². The van der Waals surface area contributed by atoms with Gasteiger partial charge in [-0.2, -0.15) is 18.3 Å². The van der Waals surface area contributed by atoms with Crippen LogP contribution in [0, 0.1) is 11.6 Å². The molecule has 2 rings (SSSR count). The lowest BCUT2D eigenvalue weighted by Gasteiger charge is -2.05. The lowest BCUT2D eigenvalue weighted by atomic mass is 10.3. The molecule has 0 fully saturated rings. The molecule has 0 aliphatic rings. The van der Waals surface area contributed by atoms with Crippen LogP contribution in [0.15, 0.2) is 24.3 Å². The Balaban J connectivity index is 2.31. The number of halogens is 5. The van der Waals surface area contributed by atoms with Crippen molar-refractivity contribution in [2.45, 2.75) is 6.18 Å². The quantitative estimate of drug-likeness (QED) is 0.786. The van der Waals surface area contributed by atoms with E-state index in [2.05, 4.69) is 5.10 Å². The highest BCUT2D eigenvalue weighted by molar-refractivity contribution is 5.29. The number of nitrogens with zero attached hydrogens (tertiary/aromatic N) is 2. The van der Waals surface area contributed by atoms with E-state index in [0.717, 1.165) is 16.8 Å². The van der Waals surface area contributed by atoms with Gasteiger partial charge in [-0.25, -0.2) is 13.5 Å². The lowest BCUT2D eigenvalue weighted by Crippen LogP contribution is -2.06. The Hall–Kier alpha value is -2.12. The van der Waals surface area contributed by atoms with E-state index < -0.39 is 23.5 Å². The third kappa shape index (κ3) is 3.01. The zero-order valence-corrected chi connectivity index (χ0v) is 9.50. The van der Waals surface area contributed by atoms with Crippen molar-refractivity contribution in [1.29, 1.82) is 0 Å². The van der Waals surface area contributed by atoms with Crippen molar-refractivity contribution in [1.82, 2.24) is 9.78 Å². The summed E-state index contributed by atoms with van der Waals surface area (Å²) < 4.78 is 68.8. The Morgan fingerprint density at radius 3 is 2.11 bits per heavy atom. The molecule has 3 nitrogen and oxygen atoms in total. The van der Waals surface area contributed by atoms with Crippen LogP contribution in [0.1, 0.15) is 5.69 Å². The summed E-state index contributed by atoms with van der Waals surface area (Å²) in [5.74, 6) is -2.33. The highest BCUT2D eigenvalue weighted by atomic mass is 19.4. The summed E-state index contributed by atoms with van der Waals surface area (Å²) in [5, 5.41) is 3.20. The maximum absolute atomic E-state index is 12.9. The molecule has 8 heteroatoms. The van der Waals surface area contributed by atoms with Gasteiger partial charge in [-0.3, -0.25) is 0 Å². The summed E-state index contributed by atoms with van der Waals surface area (Å²) in [6.45, 7) is 0. The SMILES string of the molecule is Cn1nc(C(F)(F)F)cc1Oc1cc(F)cc(F)c1. The number of hydrogen-bond acceptors (Lipinski definition) is 2. The summed E-state index contributed by atoms with van der Waals surface area (Å²) in [6.07, 6.45) is -4.62. The predicted molar refractivity (Wildman–Crippen MR) is 54.6 cm³/mol. The molecule has 1 heterocycles. The average molecular weight is 278 g/mol. The van der Waals surface area contributed by atoms with Crippen LogP contribution in [0.4, 0.5) is 22.0 Å². The summed E-state index contributed by atoms with van der Waals surface area (Å²) >= 11 is 0. The molecule has 0 unspecified atom stereocenters. The molecule has 0 amide bonds. The van der Waals surface area contributed by atoms with Gasteiger partial charge in [0.2, 0.25) is 5.88 Å². The minimum atomic E-state index is -4.62. The number of hydrogen-bond donors (Lipinski definition) is 0. The summed E-state index contributed by atoms with van der Waals surface area (Å²) in [5.41, 5.74) is -1.15. The number of ether oxygens (including phenoxy) is 1. The van der Waals surface area contributed by atoms with Crippen LogP contribution >= 0.6 is 0 Å². The Bertz CT molecular complexity index is 585. The zero-order chi connectivity index (χ0) is 14.2. The van der Waals surface area contributed by atoms with Gasteiger partial charge in [0.05, 0.1) is 0 Å². The molecular weight excluding hydrogens is 271 g/mol. The van der Waals surface area contributed by atoms with Gasteiger partial charge in [0.1, 0.15) is 17.4 Å². The van der Waals surface area contributed by atoms with Crippen molar-refractivity contribution in [3.63, 3.8) is 0 Å². The summed E-state index contributed by atoms with van der Waals surface area (Å²) in [4.78, 5) is 0. The first kappa shape index (κ1) is 13.3. The summed E-state index contributed by atoms with van der Waals surface area (Å²) in [7, 11) is 1.22. The highest BCUT2D eigenvalue weighted by Crippen LogP contribution is 2.32. The average Bonchev–Trinajstić information content (AvgIpc) is 2.58. The van der Waals surface area contributed by atoms with Crippen LogP contribution in [0.2, 0.25) is 0 Å². The highest BCUT2D eigenvalue weighted by Gasteiger charge is 2.35. The summed E-state index contributed by atoms with van der Waals surface area (Å²) in [6, 6.07) is 2.97. The number of benzene rings is 1. The molecule has 0 N–H and O–H groups in total. The second kappa shape index (κ2) is 4.52. The van der Waals surface area contributed by atoms with E-state index in [1.54, 1.807) is 0 Å². The van der Waals surface area contributed by atoms with Crippen LogP contribution in [-0.4, -0.2) is 9.78 Å². The molecule has 1 aromatic heterocycles. The monoisotopic (exact) mass is 278 g/mol. The first-order chi connectivity index (χ1) is 8.75. The maximum atomic E-state index is 12.9. The predicted octanol–water partition coefficient (Wildman–Crippen LogP) is 3.51. The first-order valence-electron chi connectivity index (χ1n) is 5.01. The molecule has 0 radical (unpaired) electrons. The van der Waals surface area contributed by atoms with Crippen molar-refractivity contribution in [2.75, 3.05) is 0 Å². The third-order valence-electron chi connectivity index (χ3n) is 2.19. The van der Waals surface area contributed by atoms with Gasteiger partial charge in [0.25, 0.3) is 0 Å². The third-order valence-corrected chi connectivity index (χ3v) is 2.19. The van der Waals surface area contributed by atoms with Gasteiger partial charge < -0.3 is 4.74 Å². The Labute approximate surface area is 104 Å². The van der Waals surface area contributed by atoms with Crippen molar-refractivity contribution < 1.29 is 26.7 Å². The van der Waals surface area contributed by atoms with Crippen molar-refractivity contribution in [3.8, 4) is 11.6 Å². The Morgan fingerprint density at radius 1 is 1.05 bits per heavy atom. The van der Waals surface area contributed by atoms with E-state index in [9.17, 15) is 22.0 Å². The van der Waals surface area contributed by atoms with Crippen molar-refractivity contribution in [3.05, 3.63) is 41.6 Å². The minimum absolute atomic E-state index is 0.255. The standard InChI is InChI=1S/C11H7F5N2O/c1-18-10(5-9(17-18)11(14,15)16)19-8-3-6(12)2-7(13)4-8/h2-5H,1H3. The Kier molecular flexibility index (Phi) is 3.17. The topological polar surface area (TPSA) is 27.1 Å². The van der Waals surface area contributed by atoms with Crippen LogP contribution in [0.3, 0.4) is 0 Å². The molecule has 0 saturated carbocycles. The van der Waals surface area contributed by atoms with E-state index in [1.165, 1.54) is 7.05 Å². The van der Waals surface area contributed by atoms with Crippen LogP contribution in [-0.2, 0) is 13.2 Å². The van der Waals surface area contributed by atoms with Crippen LogP contribution < -0.4 is 4.74 Å². The van der Waals surface area contributed by atoms with Crippen molar-refractivity contribution >= 4 is 0 Å². The normalized spacial score (nSPS) is 11.7. The van der Waals surface area contributed by atoms with Gasteiger partial charge >= 0.3 is 6.18 Å². The molecule has 0 atom stereocenters. The molecule has 1 aromatic carbocycles. The van der Waals surface area contributed by atoms with E-state index in [1.807, 2.05) is 0 Å². The molecule has 0 saturated heterocycles. The fraction of sp³-hybridized carbons (Fsp3) is 0.182. The van der Waals surface area contributed by atoms with Gasteiger partial charge in [-0.15, -0.1) is 0 Å². The molecular formula is C11H7F5N2O. The second-order valence-corrected chi connectivity index (χ2v) is 3.70. The maximum Gasteiger partial charge on any atom is 0.435 e. The van der Waals surface area contributed by atoms with Gasteiger partial charge in [-0.1, -0.05) is 0 Å². The fourth-order valence-corrected chi connectivity index (χ4v) is 1.39. The van der Waals surface area contributed by atoms with E-state index >= 15 is 0 Å². The van der Waals surface area contributed by atoms with Gasteiger partial charge in [0, 0.05) is 31.3 Å². The van der Waals surface area contributed by atoms with Crippen LogP contribution in [0.5, 0.6) is 11.6 Å². The molecule has 0 aliphatic heterocycles. The van der Waals surface area contributed by atoms with E-state index in [4.69, 9.17) is 4.74 Å². The number of rotatable bonds is 2. The second-order valence-electron chi connectivity index (χ2n) is 3.70. The van der Waals surface area contributed by atoms with Gasteiger partial charge in [-0.05, 0) is 0 Å². The fourth-order valence-electron chi connectivity index (χ4n) is 1.39. The Morgan fingerprint density at radius 2 is 1.63 bits per heavy atom. The number of aryl methyl sites for hydroxylation is 1. The number of aromatic nitrogens is 2. The molecule has 102 valence electrons. The molecule has 2 aromatic rings. The zero-order valence-electron chi connectivity index (χ0n) is 9.50. The largest absolute Gasteiger partial charge is 0.439 e. The molecule has 0 aliphatic carbocycles. The molecule has 0 bridgehead atoms. The smallest absolute Gasteiger partial charge is 0.435 e. The number of alkyl halides is 3.